The van der Waals surface area contributed by atoms with Gasteiger partial charge in [-0.15, -0.1) is 0 Å². The number of hydrogen-bond acceptors (Lipinski definition) is 4. The second-order valence-corrected chi connectivity index (χ2v) is 7.92. The molecule has 2 heterocycles. The number of amides is 4. The number of carbonyl (C=O) groups excluding carboxylic acids is 3. The SMILES string of the molecule is CC(C)(C)c1cc(NC(=O)CN2C(=O)NC(C)(c3ccc(F)cc3)C2=O)n[nH]1. The van der Waals surface area contributed by atoms with E-state index in [0.717, 1.165) is 10.6 Å². The molecule has 148 valence electrons. The van der Waals surface area contributed by atoms with Crippen LogP contribution < -0.4 is 10.6 Å². The number of aromatic amines is 1. The first-order valence-electron chi connectivity index (χ1n) is 8.76. The number of H-pyrrole nitrogens is 1. The monoisotopic (exact) mass is 387 g/mol. The second kappa shape index (κ2) is 6.74. The van der Waals surface area contributed by atoms with Gasteiger partial charge in [-0.05, 0) is 24.6 Å². The Kier molecular flexibility index (Phi) is 4.70. The summed E-state index contributed by atoms with van der Waals surface area (Å²) >= 11 is 0. The standard InChI is InChI=1S/C19H22FN5O3/c1-18(2,3)13-9-14(24-23-13)21-15(26)10-25-16(27)19(4,22-17(25)28)11-5-7-12(20)8-6-11/h5-9H,10H2,1-4H3,(H,22,28)(H2,21,23,24,26). The Labute approximate surface area is 161 Å². The topological polar surface area (TPSA) is 107 Å². The number of anilines is 1. The van der Waals surface area contributed by atoms with Crippen molar-refractivity contribution in [1.29, 1.82) is 0 Å². The second-order valence-electron chi connectivity index (χ2n) is 7.92. The maximum absolute atomic E-state index is 13.2. The zero-order valence-electron chi connectivity index (χ0n) is 16.1. The summed E-state index contributed by atoms with van der Waals surface area (Å²) in [7, 11) is 0. The van der Waals surface area contributed by atoms with Crippen LogP contribution >= 0.6 is 0 Å². The molecule has 1 aliphatic heterocycles. The Morgan fingerprint density at radius 3 is 2.46 bits per heavy atom. The molecule has 1 aromatic heterocycles. The minimum atomic E-state index is -1.36. The number of imide groups is 1. The molecule has 1 aromatic carbocycles. The molecular weight excluding hydrogens is 365 g/mol. The molecule has 9 heteroatoms. The lowest BCUT2D eigenvalue weighted by molar-refractivity contribution is -0.133. The Balaban J connectivity index is 1.71. The molecule has 1 atom stereocenters. The van der Waals surface area contributed by atoms with E-state index in [9.17, 15) is 18.8 Å². The van der Waals surface area contributed by atoms with Gasteiger partial charge < -0.3 is 10.6 Å². The third-order valence-corrected chi connectivity index (χ3v) is 4.65. The molecular formula is C19H22FN5O3. The first-order valence-corrected chi connectivity index (χ1v) is 8.76. The van der Waals surface area contributed by atoms with Crippen LogP contribution in [0.5, 0.6) is 0 Å². The number of benzene rings is 1. The van der Waals surface area contributed by atoms with Crippen molar-refractivity contribution in [2.75, 3.05) is 11.9 Å². The molecule has 3 N–H and O–H groups in total. The molecule has 0 radical (unpaired) electrons. The quantitative estimate of drug-likeness (QED) is 0.700. The number of urea groups is 1. The first-order chi connectivity index (χ1) is 13.0. The van der Waals surface area contributed by atoms with Gasteiger partial charge in [-0.3, -0.25) is 19.6 Å². The Bertz CT molecular complexity index is 932. The third kappa shape index (κ3) is 3.60. The van der Waals surface area contributed by atoms with E-state index < -0.39 is 35.7 Å². The van der Waals surface area contributed by atoms with Crippen LogP contribution in [0.1, 0.15) is 39.0 Å². The van der Waals surface area contributed by atoms with Gasteiger partial charge in [0.2, 0.25) is 5.91 Å². The number of aromatic nitrogens is 2. The average Bonchev–Trinajstić information content (AvgIpc) is 3.15. The van der Waals surface area contributed by atoms with Gasteiger partial charge in [0.05, 0.1) is 0 Å². The first kappa shape index (κ1) is 19.5. The molecule has 0 bridgehead atoms. The maximum Gasteiger partial charge on any atom is 0.325 e. The number of nitrogens with zero attached hydrogens (tertiary/aromatic N) is 2. The van der Waals surface area contributed by atoms with Crippen molar-refractivity contribution in [3.63, 3.8) is 0 Å². The predicted octanol–water partition coefficient (Wildman–Crippen LogP) is 2.25. The van der Waals surface area contributed by atoms with Gasteiger partial charge in [0.1, 0.15) is 17.9 Å². The van der Waals surface area contributed by atoms with Crippen LogP contribution in [0.4, 0.5) is 15.0 Å². The summed E-state index contributed by atoms with van der Waals surface area (Å²) in [6.45, 7) is 7.04. The highest BCUT2D eigenvalue weighted by Gasteiger charge is 2.49. The Morgan fingerprint density at radius 1 is 1.25 bits per heavy atom. The smallest absolute Gasteiger partial charge is 0.319 e. The summed E-state index contributed by atoms with van der Waals surface area (Å²) in [6, 6.07) is 6.28. The summed E-state index contributed by atoms with van der Waals surface area (Å²) in [4.78, 5) is 38.2. The van der Waals surface area contributed by atoms with Gasteiger partial charge in [0.25, 0.3) is 5.91 Å². The van der Waals surface area contributed by atoms with Crippen LogP contribution in [-0.2, 0) is 20.5 Å². The third-order valence-electron chi connectivity index (χ3n) is 4.65. The zero-order valence-corrected chi connectivity index (χ0v) is 16.1. The van der Waals surface area contributed by atoms with Crippen molar-refractivity contribution in [3.8, 4) is 0 Å². The maximum atomic E-state index is 13.2. The molecule has 0 spiro atoms. The lowest BCUT2D eigenvalue weighted by Gasteiger charge is -2.22. The highest BCUT2D eigenvalue weighted by atomic mass is 19.1. The van der Waals surface area contributed by atoms with Gasteiger partial charge in [0, 0.05) is 17.2 Å². The largest absolute Gasteiger partial charge is 0.325 e. The molecule has 0 aliphatic carbocycles. The molecule has 8 nitrogen and oxygen atoms in total. The van der Waals surface area contributed by atoms with E-state index in [1.165, 1.54) is 31.2 Å². The molecule has 1 saturated heterocycles. The van der Waals surface area contributed by atoms with E-state index in [0.29, 0.717) is 11.4 Å². The number of hydrogen-bond donors (Lipinski definition) is 3. The number of carbonyl (C=O) groups is 3. The van der Waals surface area contributed by atoms with Gasteiger partial charge in [-0.2, -0.15) is 5.10 Å². The van der Waals surface area contributed by atoms with E-state index in [2.05, 4.69) is 20.8 Å². The lowest BCUT2D eigenvalue weighted by atomic mass is 9.92. The average molecular weight is 387 g/mol. The van der Waals surface area contributed by atoms with Crippen molar-refractivity contribution in [2.45, 2.75) is 38.6 Å². The molecule has 4 amide bonds. The number of rotatable bonds is 4. The molecule has 28 heavy (non-hydrogen) atoms. The molecule has 1 aliphatic rings. The molecule has 3 rings (SSSR count). The fraction of sp³-hybridized carbons (Fsp3) is 0.368. The van der Waals surface area contributed by atoms with Crippen molar-refractivity contribution >= 4 is 23.7 Å². The lowest BCUT2D eigenvalue weighted by Crippen LogP contribution is -2.42. The van der Waals surface area contributed by atoms with E-state index in [1.807, 2.05) is 20.8 Å². The fourth-order valence-electron chi connectivity index (χ4n) is 2.92. The summed E-state index contributed by atoms with van der Waals surface area (Å²) in [5.74, 6) is -1.28. The molecule has 1 fully saturated rings. The van der Waals surface area contributed by atoms with Crippen LogP contribution in [0.3, 0.4) is 0 Å². The highest BCUT2D eigenvalue weighted by Crippen LogP contribution is 2.29. The summed E-state index contributed by atoms with van der Waals surface area (Å²) in [5, 5.41) is 12.0. The van der Waals surface area contributed by atoms with Crippen LogP contribution in [-0.4, -0.2) is 39.5 Å². The minimum absolute atomic E-state index is 0.169. The van der Waals surface area contributed by atoms with Crippen LogP contribution in [0, 0.1) is 5.82 Å². The van der Waals surface area contributed by atoms with Gasteiger partial charge >= 0.3 is 6.03 Å². The van der Waals surface area contributed by atoms with E-state index in [4.69, 9.17) is 0 Å². The highest BCUT2D eigenvalue weighted by molar-refractivity contribution is 6.10. The van der Waals surface area contributed by atoms with Crippen LogP contribution in [0.2, 0.25) is 0 Å². The van der Waals surface area contributed by atoms with Crippen molar-refractivity contribution < 1.29 is 18.8 Å². The predicted molar refractivity (Wildman–Crippen MR) is 99.9 cm³/mol. The molecule has 0 saturated carbocycles. The fourth-order valence-corrected chi connectivity index (χ4v) is 2.92. The van der Waals surface area contributed by atoms with Gasteiger partial charge in [-0.25, -0.2) is 9.18 Å². The van der Waals surface area contributed by atoms with Crippen molar-refractivity contribution in [1.82, 2.24) is 20.4 Å². The van der Waals surface area contributed by atoms with Crippen molar-refractivity contribution in [2.24, 2.45) is 0 Å². The normalized spacial score (nSPS) is 19.7. The van der Waals surface area contributed by atoms with Gasteiger partial charge in [-0.1, -0.05) is 32.9 Å². The summed E-state index contributed by atoms with van der Waals surface area (Å²) < 4.78 is 13.2. The number of nitrogens with one attached hydrogen (secondary N) is 3. The van der Waals surface area contributed by atoms with Crippen LogP contribution in [0.15, 0.2) is 30.3 Å². The summed E-state index contributed by atoms with van der Waals surface area (Å²) in [6.07, 6.45) is 0. The number of halogens is 1. The minimum Gasteiger partial charge on any atom is -0.319 e. The van der Waals surface area contributed by atoms with E-state index in [1.54, 1.807) is 6.07 Å². The van der Waals surface area contributed by atoms with E-state index >= 15 is 0 Å². The zero-order chi connectivity index (χ0) is 20.7. The Morgan fingerprint density at radius 2 is 1.89 bits per heavy atom. The summed E-state index contributed by atoms with van der Waals surface area (Å²) in [5.41, 5.74) is -0.270. The van der Waals surface area contributed by atoms with Crippen LogP contribution in [0.25, 0.3) is 0 Å². The van der Waals surface area contributed by atoms with E-state index in [-0.39, 0.29) is 5.41 Å². The van der Waals surface area contributed by atoms with Crippen molar-refractivity contribution in [3.05, 3.63) is 47.4 Å². The Hall–Kier alpha value is -3.23. The van der Waals surface area contributed by atoms with Gasteiger partial charge in [0.15, 0.2) is 5.82 Å². The molecule has 1 unspecified atom stereocenters. The molecule has 2 aromatic rings.